The molecule has 1 aromatic carbocycles. The van der Waals surface area contributed by atoms with Crippen molar-refractivity contribution in [1.82, 2.24) is 0 Å². The zero-order valence-corrected chi connectivity index (χ0v) is 11.2. The Morgan fingerprint density at radius 1 is 1.17 bits per heavy atom. The van der Waals surface area contributed by atoms with Crippen molar-refractivity contribution in [2.24, 2.45) is 5.92 Å². The second kappa shape index (κ2) is 4.67. The van der Waals surface area contributed by atoms with Crippen LogP contribution in [-0.2, 0) is 0 Å². The Morgan fingerprint density at radius 3 is 2.72 bits per heavy atom. The summed E-state index contributed by atoms with van der Waals surface area (Å²) in [5.74, 6) is 0.447. The lowest BCUT2D eigenvalue weighted by atomic mass is 9.67. The molecule has 2 heteroatoms. The predicted octanol–water partition coefficient (Wildman–Crippen LogP) is 1.92. The minimum atomic E-state index is -0.386. The van der Waals surface area contributed by atoms with Crippen LogP contribution in [-0.4, -0.2) is 17.3 Å². The van der Waals surface area contributed by atoms with Gasteiger partial charge in [0.05, 0.1) is 12.1 Å². The van der Waals surface area contributed by atoms with E-state index in [4.69, 9.17) is 0 Å². The first-order valence-electron chi connectivity index (χ1n) is 7.31. The molecule has 0 spiro atoms. The van der Waals surface area contributed by atoms with Crippen LogP contribution in [0, 0.1) is 12.8 Å². The van der Waals surface area contributed by atoms with Crippen LogP contribution >= 0.6 is 0 Å². The number of rotatable bonds is 1. The minimum absolute atomic E-state index is 0.386. The van der Waals surface area contributed by atoms with Crippen molar-refractivity contribution in [3.63, 3.8) is 0 Å². The van der Waals surface area contributed by atoms with Gasteiger partial charge in [0.25, 0.3) is 0 Å². The van der Waals surface area contributed by atoms with Crippen LogP contribution in [0.25, 0.3) is 0 Å². The fourth-order valence-corrected chi connectivity index (χ4v) is 3.91. The van der Waals surface area contributed by atoms with E-state index < -0.39 is 0 Å². The highest BCUT2D eigenvalue weighted by Gasteiger charge is 2.48. The van der Waals surface area contributed by atoms with Gasteiger partial charge in [-0.1, -0.05) is 42.7 Å². The molecule has 1 heterocycles. The molecule has 98 valence electrons. The summed E-state index contributed by atoms with van der Waals surface area (Å²) in [6.07, 6.45) is 5.65. The molecule has 0 bridgehead atoms. The molecule has 1 aliphatic heterocycles. The lowest BCUT2D eigenvalue weighted by molar-refractivity contribution is -0.719. The Bertz CT molecular complexity index is 410. The maximum Gasteiger partial charge on any atom is 0.117 e. The van der Waals surface area contributed by atoms with Crippen LogP contribution in [0.2, 0.25) is 0 Å². The van der Waals surface area contributed by atoms with Gasteiger partial charge in [0.1, 0.15) is 6.04 Å². The first-order chi connectivity index (χ1) is 8.69. The molecule has 2 aliphatic rings. The second-order valence-electron chi connectivity index (χ2n) is 6.17. The van der Waals surface area contributed by atoms with Crippen molar-refractivity contribution in [2.45, 2.75) is 50.7 Å². The molecular weight excluding hydrogens is 222 g/mol. The number of hydrogen-bond donors (Lipinski definition) is 2. The average Bonchev–Trinajstić information content (AvgIpc) is 2.38. The summed E-state index contributed by atoms with van der Waals surface area (Å²) in [4.78, 5) is 0. The van der Waals surface area contributed by atoms with E-state index in [9.17, 15) is 5.11 Å². The topological polar surface area (TPSA) is 36.8 Å². The molecule has 1 aliphatic carbocycles. The van der Waals surface area contributed by atoms with Gasteiger partial charge in [-0.2, -0.15) is 0 Å². The molecule has 2 nitrogen and oxygen atoms in total. The highest BCUT2D eigenvalue weighted by molar-refractivity contribution is 5.24. The third-order valence-corrected chi connectivity index (χ3v) is 4.96. The molecule has 3 rings (SSSR count). The largest absolute Gasteiger partial charge is 0.389 e. The molecule has 1 saturated heterocycles. The van der Waals surface area contributed by atoms with Crippen molar-refractivity contribution in [2.75, 3.05) is 6.54 Å². The van der Waals surface area contributed by atoms with E-state index >= 15 is 0 Å². The Balaban J connectivity index is 1.88. The molecule has 0 radical (unpaired) electrons. The Labute approximate surface area is 109 Å². The van der Waals surface area contributed by atoms with E-state index in [0.29, 0.717) is 12.0 Å². The van der Waals surface area contributed by atoms with E-state index in [1.165, 1.54) is 30.4 Å². The number of quaternary nitrogens is 1. The highest BCUT2D eigenvalue weighted by Crippen LogP contribution is 2.43. The lowest BCUT2D eigenvalue weighted by Gasteiger charge is -2.46. The maximum absolute atomic E-state index is 10.9. The van der Waals surface area contributed by atoms with E-state index in [1.54, 1.807) is 0 Å². The molecule has 2 fully saturated rings. The average molecular weight is 246 g/mol. The van der Waals surface area contributed by atoms with Crippen LogP contribution in [0.3, 0.4) is 0 Å². The van der Waals surface area contributed by atoms with Crippen LogP contribution < -0.4 is 5.32 Å². The number of fused-ring (bicyclic) bond motifs is 1. The molecular formula is C16H24NO+. The highest BCUT2D eigenvalue weighted by atomic mass is 16.3. The third-order valence-electron chi connectivity index (χ3n) is 4.96. The summed E-state index contributed by atoms with van der Waals surface area (Å²) < 4.78 is 0. The molecule has 0 unspecified atom stereocenters. The predicted molar refractivity (Wildman–Crippen MR) is 72.2 cm³/mol. The van der Waals surface area contributed by atoms with E-state index in [1.807, 2.05) is 0 Å². The Kier molecular flexibility index (Phi) is 3.16. The fraction of sp³-hybridized carbons (Fsp3) is 0.625. The number of hydrogen-bond acceptors (Lipinski definition) is 1. The number of benzene rings is 1. The van der Waals surface area contributed by atoms with Crippen LogP contribution in [0.4, 0.5) is 0 Å². The monoisotopic (exact) mass is 246 g/mol. The van der Waals surface area contributed by atoms with E-state index in [-0.39, 0.29) is 5.60 Å². The normalized spacial score (nSPS) is 36.1. The van der Waals surface area contributed by atoms with Crippen molar-refractivity contribution < 1.29 is 10.4 Å². The zero-order valence-electron chi connectivity index (χ0n) is 11.2. The van der Waals surface area contributed by atoms with Crippen LogP contribution in [0.15, 0.2) is 24.3 Å². The van der Waals surface area contributed by atoms with Gasteiger partial charge in [-0.3, -0.25) is 0 Å². The lowest BCUT2D eigenvalue weighted by Crippen LogP contribution is -2.91. The second-order valence-corrected chi connectivity index (χ2v) is 6.17. The van der Waals surface area contributed by atoms with Crippen LogP contribution in [0.5, 0.6) is 0 Å². The number of nitrogens with two attached hydrogens (primary N) is 1. The minimum Gasteiger partial charge on any atom is -0.389 e. The molecule has 3 atom stereocenters. The SMILES string of the molecule is Cc1ccc([C@H]2[NH2+]CC[C@@]3(O)CCCC[C@H]23)cc1. The molecule has 1 aromatic rings. The van der Waals surface area contributed by atoms with Crippen molar-refractivity contribution in [3.05, 3.63) is 35.4 Å². The molecule has 0 aromatic heterocycles. The first kappa shape index (κ1) is 12.2. The summed E-state index contributed by atoms with van der Waals surface area (Å²) in [5, 5.41) is 13.3. The van der Waals surface area contributed by atoms with Gasteiger partial charge in [-0.25, -0.2) is 0 Å². The van der Waals surface area contributed by atoms with E-state index in [2.05, 4.69) is 36.5 Å². The van der Waals surface area contributed by atoms with Crippen LogP contribution in [0.1, 0.15) is 49.3 Å². The summed E-state index contributed by atoms with van der Waals surface area (Å²) in [5.41, 5.74) is 2.32. The van der Waals surface area contributed by atoms with Gasteiger partial charge in [0.15, 0.2) is 0 Å². The third kappa shape index (κ3) is 2.08. The number of aliphatic hydroxyl groups is 1. The standard InChI is InChI=1S/C16H23NO/c1-12-5-7-13(8-6-12)15-14-4-2-3-9-16(14,18)10-11-17-15/h5-8,14-15,17-18H,2-4,9-11H2,1H3/p+1/t14-,15-,16+/m1/s1. The maximum atomic E-state index is 10.9. The molecule has 3 N–H and O–H groups in total. The van der Waals surface area contributed by atoms with Gasteiger partial charge in [-0.05, 0) is 19.8 Å². The Hall–Kier alpha value is -0.860. The fourth-order valence-electron chi connectivity index (χ4n) is 3.91. The summed E-state index contributed by atoms with van der Waals surface area (Å²) >= 11 is 0. The quantitative estimate of drug-likeness (QED) is 0.780. The van der Waals surface area contributed by atoms with E-state index in [0.717, 1.165) is 19.4 Å². The molecule has 1 saturated carbocycles. The summed E-state index contributed by atoms with van der Waals surface area (Å²) in [6, 6.07) is 9.34. The van der Waals surface area contributed by atoms with Gasteiger partial charge < -0.3 is 10.4 Å². The van der Waals surface area contributed by atoms with Gasteiger partial charge in [0, 0.05) is 17.9 Å². The van der Waals surface area contributed by atoms with Crippen molar-refractivity contribution >= 4 is 0 Å². The number of aryl methyl sites for hydroxylation is 1. The van der Waals surface area contributed by atoms with Crippen molar-refractivity contribution in [1.29, 1.82) is 0 Å². The number of piperidine rings is 1. The van der Waals surface area contributed by atoms with Gasteiger partial charge in [0.2, 0.25) is 0 Å². The zero-order chi connectivity index (χ0) is 12.6. The summed E-state index contributed by atoms with van der Waals surface area (Å²) in [7, 11) is 0. The Morgan fingerprint density at radius 2 is 1.94 bits per heavy atom. The summed E-state index contributed by atoms with van der Waals surface area (Å²) in [6.45, 7) is 3.19. The van der Waals surface area contributed by atoms with Gasteiger partial charge in [-0.15, -0.1) is 0 Å². The van der Waals surface area contributed by atoms with Gasteiger partial charge >= 0.3 is 0 Å². The van der Waals surface area contributed by atoms with Crippen molar-refractivity contribution in [3.8, 4) is 0 Å². The molecule has 0 amide bonds. The smallest absolute Gasteiger partial charge is 0.117 e. The first-order valence-corrected chi connectivity index (χ1v) is 7.31. The molecule has 18 heavy (non-hydrogen) atoms.